The van der Waals surface area contributed by atoms with Crippen LogP contribution in [0.5, 0.6) is 0 Å². The Bertz CT molecular complexity index is 616. The molecule has 0 atom stereocenters. The molecule has 2 aromatic heterocycles. The van der Waals surface area contributed by atoms with Crippen LogP contribution in [0.1, 0.15) is 0 Å². The Labute approximate surface area is 109 Å². The highest BCUT2D eigenvalue weighted by Crippen LogP contribution is 2.29. The van der Waals surface area contributed by atoms with E-state index in [1.54, 1.807) is 11.3 Å². The Balaban J connectivity index is 0.00000108. The van der Waals surface area contributed by atoms with Crippen LogP contribution >= 0.6 is 23.7 Å². The van der Waals surface area contributed by atoms with Crippen molar-refractivity contribution in [3.8, 4) is 10.7 Å². The second-order valence-electron chi connectivity index (χ2n) is 3.54. The summed E-state index contributed by atoms with van der Waals surface area (Å²) in [6, 6.07) is 8.34. The van der Waals surface area contributed by atoms with Crippen LogP contribution in [0.3, 0.4) is 0 Å². The largest absolute Gasteiger partial charge is 0.386 e. The number of aromatic amines is 1. The first-order valence-electron chi connectivity index (χ1n) is 5.08. The van der Waals surface area contributed by atoms with E-state index in [1.165, 1.54) is 5.39 Å². The van der Waals surface area contributed by atoms with Gasteiger partial charge in [0.25, 0.3) is 0 Å². The van der Waals surface area contributed by atoms with Crippen molar-refractivity contribution in [1.29, 1.82) is 0 Å². The molecule has 0 amide bonds. The molecule has 2 N–H and O–H groups in total. The highest BCUT2D eigenvalue weighted by molar-refractivity contribution is 7.13. The van der Waals surface area contributed by atoms with E-state index in [-0.39, 0.29) is 12.4 Å². The predicted molar refractivity (Wildman–Crippen MR) is 76.2 cm³/mol. The molecule has 0 unspecified atom stereocenters. The van der Waals surface area contributed by atoms with Crippen molar-refractivity contribution in [2.24, 2.45) is 0 Å². The quantitative estimate of drug-likeness (QED) is 0.741. The van der Waals surface area contributed by atoms with Crippen molar-refractivity contribution in [2.75, 3.05) is 12.4 Å². The first-order chi connectivity index (χ1) is 7.88. The Morgan fingerprint density at radius 2 is 2.24 bits per heavy atom. The topological polar surface area (TPSA) is 40.7 Å². The van der Waals surface area contributed by atoms with Crippen LogP contribution in [0.15, 0.2) is 35.8 Å². The van der Waals surface area contributed by atoms with Gasteiger partial charge < -0.3 is 10.3 Å². The van der Waals surface area contributed by atoms with Crippen molar-refractivity contribution in [2.45, 2.75) is 0 Å². The number of anilines is 1. The van der Waals surface area contributed by atoms with Gasteiger partial charge in [0.15, 0.2) is 0 Å². The lowest BCUT2D eigenvalue weighted by molar-refractivity contribution is 1.36. The number of hydrogen-bond acceptors (Lipinski definition) is 3. The van der Waals surface area contributed by atoms with E-state index in [1.807, 2.05) is 24.7 Å². The van der Waals surface area contributed by atoms with Gasteiger partial charge in [-0.15, -0.1) is 23.7 Å². The summed E-state index contributed by atoms with van der Waals surface area (Å²) in [5.74, 6) is 0. The number of H-pyrrole nitrogens is 1. The number of halogens is 1. The molecular weight excluding hydrogens is 254 g/mol. The number of thiazole rings is 1. The van der Waals surface area contributed by atoms with E-state index in [9.17, 15) is 0 Å². The molecule has 0 aliphatic heterocycles. The Morgan fingerprint density at radius 1 is 1.35 bits per heavy atom. The van der Waals surface area contributed by atoms with Gasteiger partial charge in [0.1, 0.15) is 5.01 Å². The van der Waals surface area contributed by atoms with Gasteiger partial charge in [-0.1, -0.05) is 12.1 Å². The van der Waals surface area contributed by atoms with E-state index >= 15 is 0 Å². The van der Waals surface area contributed by atoms with Gasteiger partial charge in [-0.25, -0.2) is 4.98 Å². The first kappa shape index (κ1) is 12.0. The molecule has 0 spiro atoms. The second-order valence-corrected chi connectivity index (χ2v) is 4.43. The van der Waals surface area contributed by atoms with E-state index < -0.39 is 0 Å². The third-order valence-corrected chi connectivity index (χ3v) is 3.39. The average Bonchev–Trinajstić information content (AvgIpc) is 2.96. The summed E-state index contributed by atoms with van der Waals surface area (Å²) in [5, 5.41) is 7.40. The number of nitrogens with one attached hydrogen (secondary N) is 2. The van der Waals surface area contributed by atoms with E-state index in [0.717, 1.165) is 21.9 Å². The van der Waals surface area contributed by atoms with E-state index in [2.05, 4.69) is 33.5 Å². The van der Waals surface area contributed by atoms with Gasteiger partial charge in [-0.3, -0.25) is 0 Å². The summed E-state index contributed by atoms with van der Waals surface area (Å²) in [6.07, 6.45) is 1.82. The van der Waals surface area contributed by atoms with E-state index in [4.69, 9.17) is 0 Å². The summed E-state index contributed by atoms with van der Waals surface area (Å²) in [6.45, 7) is 0. The summed E-state index contributed by atoms with van der Waals surface area (Å²) < 4.78 is 0. The van der Waals surface area contributed by atoms with Crippen molar-refractivity contribution in [3.63, 3.8) is 0 Å². The number of hydrogen-bond donors (Lipinski definition) is 2. The lowest BCUT2D eigenvalue weighted by atomic mass is 10.2. The molecule has 0 saturated heterocycles. The fraction of sp³-hybridized carbons (Fsp3) is 0.0833. The Morgan fingerprint density at radius 3 is 2.94 bits per heavy atom. The summed E-state index contributed by atoms with van der Waals surface area (Å²) >= 11 is 1.64. The second kappa shape index (κ2) is 4.77. The van der Waals surface area contributed by atoms with E-state index in [0.29, 0.717) is 0 Å². The van der Waals surface area contributed by atoms with Crippen LogP contribution < -0.4 is 5.32 Å². The van der Waals surface area contributed by atoms with Gasteiger partial charge in [-0.05, 0) is 12.1 Å². The number of aromatic nitrogens is 2. The molecule has 88 valence electrons. The molecule has 0 bridgehead atoms. The van der Waals surface area contributed by atoms with Crippen LogP contribution in [-0.2, 0) is 0 Å². The molecule has 0 saturated carbocycles. The maximum atomic E-state index is 4.30. The molecule has 3 aromatic rings. The van der Waals surface area contributed by atoms with Crippen LogP contribution in [0.25, 0.3) is 21.6 Å². The molecule has 3 rings (SSSR count). The summed E-state index contributed by atoms with van der Waals surface area (Å²) in [7, 11) is 1.93. The van der Waals surface area contributed by atoms with Gasteiger partial charge in [0.05, 0.1) is 16.9 Å². The van der Waals surface area contributed by atoms with Crippen molar-refractivity contribution >= 4 is 40.3 Å². The van der Waals surface area contributed by atoms with Crippen LogP contribution in [0.2, 0.25) is 0 Å². The molecule has 3 nitrogen and oxygen atoms in total. The minimum atomic E-state index is 0. The van der Waals surface area contributed by atoms with Gasteiger partial charge in [0, 0.05) is 24.0 Å². The molecule has 0 aliphatic carbocycles. The van der Waals surface area contributed by atoms with Crippen LogP contribution in [-0.4, -0.2) is 17.0 Å². The zero-order valence-electron chi connectivity index (χ0n) is 9.23. The lowest BCUT2D eigenvalue weighted by Gasteiger charge is -2.00. The smallest absolute Gasteiger partial charge is 0.139 e. The van der Waals surface area contributed by atoms with Crippen LogP contribution in [0.4, 0.5) is 5.69 Å². The minimum absolute atomic E-state index is 0. The lowest BCUT2D eigenvalue weighted by Crippen LogP contribution is -1.88. The maximum Gasteiger partial charge on any atom is 0.139 e. The monoisotopic (exact) mass is 265 g/mol. The normalized spacial score (nSPS) is 10.2. The van der Waals surface area contributed by atoms with Crippen LogP contribution in [0, 0.1) is 0 Å². The summed E-state index contributed by atoms with van der Waals surface area (Å²) in [4.78, 5) is 7.71. The zero-order chi connectivity index (χ0) is 11.0. The molecule has 5 heteroatoms. The Hall–Kier alpha value is -1.52. The third kappa shape index (κ3) is 2.01. The van der Waals surface area contributed by atoms with Crippen molar-refractivity contribution in [1.82, 2.24) is 9.97 Å². The van der Waals surface area contributed by atoms with Gasteiger partial charge >= 0.3 is 0 Å². The molecule has 2 heterocycles. The van der Waals surface area contributed by atoms with Gasteiger partial charge in [0.2, 0.25) is 0 Å². The molecule has 0 fully saturated rings. The predicted octanol–water partition coefficient (Wildman–Crippen LogP) is 3.75. The maximum absolute atomic E-state index is 4.30. The third-order valence-electron chi connectivity index (χ3n) is 2.59. The molecule has 0 aliphatic rings. The number of nitrogens with zero attached hydrogens (tertiary/aromatic N) is 1. The highest BCUT2D eigenvalue weighted by Gasteiger charge is 2.07. The Kier molecular flexibility index (Phi) is 3.36. The minimum Gasteiger partial charge on any atom is -0.386 e. The number of fused-ring (bicyclic) bond motifs is 1. The SMILES string of the molecule is CNc1cccc2cc(-c3nccs3)[nH]c12.Cl. The number of para-hydroxylation sites is 1. The fourth-order valence-electron chi connectivity index (χ4n) is 1.84. The number of rotatable bonds is 2. The standard InChI is InChI=1S/C12H11N3S.ClH/c1-13-9-4-2-3-8-7-10(15-11(8)9)12-14-5-6-16-12;/h2-7,13,15H,1H3;1H. The van der Waals surface area contributed by atoms with Crippen molar-refractivity contribution < 1.29 is 0 Å². The zero-order valence-corrected chi connectivity index (χ0v) is 10.9. The molecule has 0 radical (unpaired) electrons. The molecule has 1 aromatic carbocycles. The fourth-order valence-corrected chi connectivity index (χ4v) is 2.45. The highest BCUT2D eigenvalue weighted by atomic mass is 35.5. The summed E-state index contributed by atoms with van der Waals surface area (Å²) in [5.41, 5.74) is 3.32. The van der Waals surface area contributed by atoms with Gasteiger partial charge in [-0.2, -0.15) is 0 Å². The molecular formula is C12H12ClN3S. The average molecular weight is 266 g/mol. The first-order valence-corrected chi connectivity index (χ1v) is 5.96. The van der Waals surface area contributed by atoms with Crippen molar-refractivity contribution in [3.05, 3.63) is 35.8 Å². The molecule has 17 heavy (non-hydrogen) atoms. The number of benzene rings is 1.